The standard InChI is InChI=1S/C14H20ClN5O2S/c1-4-22-13-8-11(15)10(7-12(13)21-3)9-16-5-6-23-14-17-18-19-20(14)2/h7-8,16H,4-6,9H2,1-3H3. The number of aryl methyl sites for hydroxylation is 1. The minimum Gasteiger partial charge on any atom is -0.493 e. The molecule has 0 aliphatic carbocycles. The number of thioether (sulfide) groups is 1. The Labute approximate surface area is 144 Å². The number of hydrogen-bond acceptors (Lipinski definition) is 7. The van der Waals surface area contributed by atoms with Gasteiger partial charge in [-0.3, -0.25) is 0 Å². The van der Waals surface area contributed by atoms with Gasteiger partial charge in [0.25, 0.3) is 0 Å². The predicted octanol–water partition coefficient (Wildman–Crippen LogP) is 2.15. The van der Waals surface area contributed by atoms with E-state index in [-0.39, 0.29) is 0 Å². The molecule has 2 rings (SSSR count). The van der Waals surface area contributed by atoms with Crippen LogP contribution in [-0.4, -0.2) is 46.2 Å². The summed E-state index contributed by atoms with van der Waals surface area (Å²) >= 11 is 7.89. The van der Waals surface area contributed by atoms with Crippen LogP contribution < -0.4 is 14.8 Å². The fourth-order valence-electron chi connectivity index (χ4n) is 1.92. The second-order valence-corrected chi connectivity index (χ2v) is 6.11. The molecule has 0 aliphatic heterocycles. The highest BCUT2D eigenvalue weighted by molar-refractivity contribution is 7.99. The number of rotatable bonds is 9. The summed E-state index contributed by atoms with van der Waals surface area (Å²) in [6, 6.07) is 3.70. The maximum atomic E-state index is 6.30. The first-order valence-corrected chi connectivity index (χ1v) is 8.57. The average Bonchev–Trinajstić information content (AvgIpc) is 2.94. The average molecular weight is 358 g/mol. The van der Waals surface area contributed by atoms with Gasteiger partial charge in [-0.1, -0.05) is 23.4 Å². The SMILES string of the molecule is CCOc1cc(Cl)c(CNCCSc2nnnn2C)cc1OC. The number of nitrogens with one attached hydrogen (secondary N) is 1. The Kier molecular flexibility index (Phi) is 6.94. The molecule has 1 N–H and O–H groups in total. The van der Waals surface area contributed by atoms with Crippen molar-refractivity contribution in [2.24, 2.45) is 7.05 Å². The molecule has 1 aromatic carbocycles. The van der Waals surface area contributed by atoms with Crippen molar-refractivity contribution in [2.45, 2.75) is 18.6 Å². The lowest BCUT2D eigenvalue weighted by Gasteiger charge is -2.13. The Hall–Kier alpha value is -1.51. The van der Waals surface area contributed by atoms with Crippen LogP contribution in [-0.2, 0) is 13.6 Å². The van der Waals surface area contributed by atoms with E-state index >= 15 is 0 Å². The lowest BCUT2D eigenvalue weighted by atomic mass is 10.2. The zero-order valence-corrected chi connectivity index (χ0v) is 14.9. The number of methoxy groups -OCH3 is 1. The molecule has 0 saturated carbocycles. The van der Waals surface area contributed by atoms with E-state index in [4.69, 9.17) is 21.1 Å². The van der Waals surface area contributed by atoms with Crippen molar-refractivity contribution in [3.63, 3.8) is 0 Å². The number of aromatic nitrogens is 4. The Bertz CT molecular complexity index is 638. The summed E-state index contributed by atoms with van der Waals surface area (Å²) in [6.07, 6.45) is 0. The van der Waals surface area contributed by atoms with E-state index in [0.717, 1.165) is 23.0 Å². The highest BCUT2D eigenvalue weighted by atomic mass is 35.5. The van der Waals surface area contributed by atoms with Crippen LogP contribution in [0.5, 0.6) is 11.5 Å². The largest absolute Gasteiger partial charge is 0.493 e. The number of hydrogen-bond donors (Lipinski definition) is 1. The van der Waals surface area contributed by atoms with Crippen molar-refractivity contribution < 1.29 is 9.47 Å². The maximum Gasteiger partial charge on any atom is 0.209 e. The molecule has 7 nitrogen and oxygen atoms in total. The molecule has 0 bridgehead atoms. The predicted molar refractivity (Wildman–Crippen MR) is 90.4 cm³/mol. The minimum atomic E-state index is 0.568. The topological polar surface area (TPSA) is 74.1 Å². The number of nitrogens with zero attached hydrogens (tertiary/aromatic N) is 4. The molecule has 0 amide bonds. The quantitative estimate of drug-likeness (QED) is 0.544. The van der Waals surface area contributed by atoms with Crippen LogP contribution in [0.4, 0.5) is 0 Å². The van der Waals surface area contributed by atoms with Gasteiger partial charge in [-0.05, 0) is 29.0 Å². The van der Waals surface area contributed by atoms with Crippen LogP contribution in [0.15, 0.2) is 17.3 Å². The second-order valence-electron chi connectivity index (χ2n) is 4.64. The van der Waals surface area contributed by atoms with Crippen LogP contribution >= 0.6 is 23.4 Å². The van der Waals surface area contributed by atoms with Crippen LogP contribution in [0.1, 0.15) is 12.5 Å². The van der Waals surface area contributed by atoms with Gasteiger partial charge in [-0.25, -0.2) is 4.68 Å². The summed E-state index contributed by atoms with van der Waals surface area (Å²) in [5.74, 6) is 2.21. The Morgan fingerprint density at radius 1 is 1.35 bits per heavy atom. The van der Waals surface area contributed by atoms with Crippen molar-refractivity contribution in [1.82, 2.24) is 25.5 Å². The Morgan fingerprint density at radius 3 is 2.83 bits per heavy atom. The van der Waals surface area contributed by atoms with Gasteiger partial charge in [0.05, 0.1) is 13.7 Å². The number of ether oxygens (including phenoxy) is 2. The van der Waals surface area contributed by atoms with Crippen LogP contribution in [0.3, 0.4) is 0 Å². The number of halogens is 1. The third-order valence-corrected chi connectivity index (χ3v) is 4.40. The first-order chi connectivity index (χ1) is 11.2. The molecule has 126 valence electrons. The van der Waals surface area contributed by atoms with Gasteiger partial charge >= 0.3 is 0 Å². The lowest BCUT2D eigenvalue weighted by molar-refractivity contribution is 0.310. The van der Waals surface area contributed by atoms with Crippen molar-refractivity contribution in [1.29, 1.82) is 0 Å². The summed E-state index contributed by atoms with van der Waals surface area (Å²) in [5.41, 5.74) is 0.970. The first kappa shape index (κ1) is 17.8. The number of benzene rings is 1. The molecule has 0 aliphatic rings. The van der Waals surface area contributed by atoms with Crippen molar-refractivity contribution in [3.05, 3.63) is 22.7 Å². The third-order valence-electron chi connectivity index (χ3n) is 3.04. The normalized spacial score (nSPS) is 10.8. The van der Waals surface area contributed by atoms with Gasteiger partial charge in [-0.2, -0.15) is 0 Å². The molecule has 0 unspecified atom stereocenters. The molecule has 1 heterocycles. The van der Waals surface area contributed by atoms with Crippen molar-refractivity contribution in [3.8, 4) is 11.5 Å². The van der Waals surface area contributed by atoms with E-state index in [2.05, 4.69) is 20.8 Å². The van der Waals surface area contributed by atoms with E-state index in [9.17, 15) is 0 Å². The molecule has 0 radical (unpaired) electrons. The van der Waals surface area contributed by atoms with Crippen molar-refractivity contribution >= 4 is 23.4 Å². The van der Waals surface area contributed by atoms with Gasteiger partial charge in [0.15, 0.2) is 11.5 Å². The van der Waals surface area contributed by atoms with Gasteiger partial charge in [0, 0.05) is 37.0 Å². The number of tetrazole rings is 1. The fraction of sp³-hybridized carbons (Fsp3) is 0.500. The molecule has 0 atom stereocenters. The molecule has 23 heavy (non-hydrogen) atoms. The van der Waals surface area contributed by atoms with Crippen LogP contribution in [0.2, 0.25) is 5.02 Å². The Balaban J connectivity index is 1.84. The zero-order chi connectivity index (χ0) is 16.7. The summed E-state index contributed by atoms with van der Waals surface area (Å²) in [7, 11) is 3.44. The molecule has 9 heteroatoms. The van der Waals surface area contributed by atoms with Crippen molar-refractivity contribution in [2.75, 3.05) is 26.0 Å². The monoisotopic (exact) mass is 357 g/mol. The van der Waals surface area contributed by atoms with Gasteiger partial charge in [0.1, 0.15) is 0 Å². The molecule has 0 fully saturated rings. The smallest absolute Gasteiger partial charge is 0.209 e. The molecular formula is C14H20ClN5O2S. The van der Waals surface area contributed by atoms with E-state index < -0.39 is 0 Å². The lowest BCUT2D eigenvalue weighted by Crippen LogP contribution is -2.17. The maximum absolute atomic E-state index is 6.30. The second kappa shape index (κ2) is 8.95. The highest BCUT2D eigenvalue weighted by Gasteiger charge is 2.10. The summed E-state index contributed by atoms with van der Waals surface area (Å²) in [4.78, 5) is 0. The van der Waals surface area contributed by atoms with Gasteiger partial charge < -0.3 is 14.8 Å². The summed E-state index contributed by atoms with van der Waals surface area (Å²) in [6.45, 7) is 3.95. The molecule has 1 aromatic heterocycles. The van der Waals surface area contributed by atoms with E-state index in [1.54, 1.807) is 29.6 Å². The minimum absolute atomic E-state index is 0.568. The summed E-state index contributed by atoms with van der Waals surface area (Å²) in [5, 5.41) is 16.1. The van der Waals surface area contributed by atoms with E-state index in [1.165, 1.54) is 0 Å². The van der Waals surface area contributed by atoms with Crippen LogP contribution in [0.25, 0.3) is 0 Å². The molecule has 0 spiro atoms. The first-order valence-electron chi connectivity index (χ1n) is 7.20. The highest BCUT2D eigenvalue weighted by Crippen LogP contribution is 2.33. The van der Waals surface area contributed by atoms with Gasteiger partial charge in [0.2, 0.25) is 5.16 Å². The Morgan fingerprint density at radius 2 is 2.17 bits per heavy atom. The van der Waals surface area contributed by atoms with Crippen LogP contribution in [0, 0.1) is 0 Å². The molecule has 2 aromatic rings. The van der Waals surface area contributed by atoms with E-state index in [1.807, 2.05) is 20.0 Å². The zero-order valence-electron chi connectivity index (χ0n) is 13.4. The van der Waals surface area contributed by atoms with Gasteiger partial charge in [-0.15, -0.1) is 5.10 Å². The summed E-state index contributed by atoms with van der Waals surface area (Å²) < 4.78 is 12.5. The van der Waals surface area contributed by atoms with E-state index in [0.29, 0.717) is 29.7 Å². The third kappa shape index (κ3) is 4.98. The fourth-order valence-corrected chi connectivity index (χ4v) is 2.89. The molecular weight excluding hydrogens is 338 g/mol. The molecule has 0 saturated heterocycles.